The third kappa shape index (κ3) is 7.64. The van der Waals surface area contributed by atoms with Crippen LogP contribution in [0.15, 0.2) is 216 Å². The lowest BCUT2D eigenvalue weighted by molar-refractivity contribution is 0.618. The molecule has 0 aliphatic heterocycles. The number of hydrogen-bond acceptors (Lipinski definition) is 5. The Balaban J connectivity index is 0.921. The number of rotatable bonds is 8. The first-order valence-corrected chi connectivity index (χ1v) is 23.8. The zero-order chi connectivity index (χ0) is 44.8. The molecular weight excluding hydrogens is 817 g/mol. The maximum Gasteiger partial charge on any atom is 0.160 e. The second-order valence-corrected chi connectivity index (χ2v) is 18.5. The van der Waals surface area contributed by atoms with Crippen LogP contribution in [0.1, 0.15) is 73.6 Å². The molecule has 0 N–H and O–H groups in total. The standard InChI is InChI=1S/C62H50N4O/c1-39-16-13-24-50-47(39)23-14-25-51(50)57-38-55(43-19-7-4-8-20-43)64-62(66-57)45-31-27-41(28-32-45)49-35-36-53-52-22-11-12-26-58(52)67-60(53)59(49)44-29-33-46(34-30-44)61-63-54(42-17-5-3-6-18-42)37-56(65-61)48-21-10-9-15-40(48)2/h3-15,17-24,26-29,31-40,44,48,51H,16,25,30H2,1-2H3. The first-order valence-electron chi connectivity index (χ1n) is 23.8. The van der Waals surface area contributed by atoms with E-state index in [-0.39, 0.29) is 17.8 Å². The van der Waals surface area contributed by atoms with Crippen molar-refractivity contribution in [2.24, 2.45) is 11.8 Å². The molecule has 8 aromatic rings. The van der Waals surface area contributed by atoms with Crippen LogP contribution in [0.4, 0.5) is 0 Å². The van der Waals surface area contributed by atoms with Gasteiger partial charge in [0.25, 0.3) is 0 Å². The zero-order valence-corrected chi connectivity index (χ0v) is 37.8. The van der Waals surface area contributed by atoms with E-state index in [1.807, 2.05) is 12.1 Å². The molecule has 5 aromatic carbocycles. The summed E-state index contributed by atoms with van der Waals surface area (Å²) in [4.78, 5) is 21.0. The Morgan fingerprint density at radius 1 is 0.522 bits per heavy atom. The van der Waals surface area contributed by atoms with E-state index in [4.69, 9.17) is 24.4 Å². The Bertz CT molecular complexity index is 3420. The molecule has 0 fully saturated rings. The number of hydrogen-bond donors (Lipinski definition) is 0. The largest absolute Gasteiger partial charge is 0.456 e. The van der Waals surface area contributed by atoms with Crippen molar-refractivity contribution in [1.82, 2.24) is 19.9 Å². The van der Waals surface area contributed by atoms with Gasteiger partial charge in [-0.25, -0.2) is 19.9 Å². The van der Waals surface area contributed by atoms with Crippen molar-refractivity contribution in [3.63, 3.8) is 0 Å². The van der Waals surface area contributed by atoms with Crippen LogP contribution in [0.5, 0.6) is 0 Å². The number of allylic oxidation sites excluding steroid dienone is 14. The van der Waals surface area contributed by atoms with Crippen molar-refractivity contribution < 1.29 is 4.42 Å². The van der Waals surface area contributed by atoms with Gasteiger partial charge in [-0.15, -0.1) is 0 Å². The summed E-state index contributed by atoms with van der Waals surface area (Å²) in [5, 5.41) is 2.25. The molecule has 12 rings (SSSR count). The number of para-hydroxylation sites is 1. The topological polar surface area (TPSA) is 64.7 Å². The highest BCUT2D eigenvalue weighted by atomic mass is 16.3. The van der Waals surface area contributed by atoms with Crippen LogP contribution in [0.2, 0.25) is 0 Å². The first kappa shape index (κ1) is 40.7. The Kier molecular flexibility index (Phi) is 10.5. The van der Waals surface area contributed by atoms with Crippen LogP contribution < -0.4 is 0 Å². The van der Waals surface area contributed by atoms with Gasteiger partial charge in [0.1, 0.15) is 11.2 Å². The van der Waals surface area contributed by atoms with Crippen LogP contribution in [-0.4, -0.2) is 19.9 Å². The van der Waals surface area contributed by atoms with Crippen LogP contribution in [0, 0.1) is 11.8 Å². The van der Waals surface area contributed by atoms with E-state index >= 15 is 0 Å². The van der Waals surface area contributed by atoms with Crippen molar-refractivity contribution in [3.05, 3.63) is 234 Å². The summed E-state index contributed by atoms with van der Waals surface area (Å²) >= 11 is 0. The molecule has 5 atom stereocenters. The average Bonchev–Trinajstić information content (AvgIpc) is 3.78. The predicted octanol–water partition coefficient (Wildman–Crippen LogP) is 15.7. The van der Waals surface area contributed by atoms with Gasteiger partial charge >= 0.3 is 0 Å². The van der Waals surface area contributed by atoms with E-state index in [0.29, 0.717) is 11.8 Å². The Morgan fingerprint density at radius 3 is 1.96 bits per heavy atom. The van der Waals surface area contributed by atoms with E-state index in [1.165, 1.54) is 16.7 Å². The lowest BCUT2D eigenvalue weighted by Gasteiger charge is -2.29. The Hall–Kier alpha value is -7.76. The molecule has 0 radical (unpaired) electrons. The van der Waals surface area contributed by atoms with Crippen LogP contribution in [0.3, 0.4) is 0 Å². The second-order valence-electron chi connectivity index (χ2n) is 18.5. The molecule has 5 unspecified atom stereocenters. The van der Waals surface area contributed by atoms with Gasteiger partial charge in [-0.2, -0.15) is 0 Å². The summed E-state index contributed by atoms with van der Waals surface area (Å²) in [6, 6.07) is 47.0. The molecule has 0 spiro atoms. The van der Waals surface area contributed by atoms with Crippen LogP contribution in [0.25, 0.3) is 72.5 Å². The molecule has 5 heteroatoms. The minimum absolute atomic E-state index is 0.0552. The Labute approximate surface area is 392 Å². The smallest absolute Gasteiger partial charge is 0.160 e. The van der Waals surface area contributed by atoms with Gasteiger partial charge < -0.3 is 4.42 Å². The molecule has 0 saturated heterocycles. The van der Waals surface area contributed by atoms with Gasteiger partial charge in [-0.1, -0.05) is 190 Å². The fraction of sp³-hybridized carbons (Fsp3) is 0.161. The SMILES string of the molecule is CC1CC=CC2=C1C=CCC2c1cc(-c2ccccc2)nc(-c2ccc(-c3ccc4c(oc5ccccc54)c3C3C=CC(c4nc(-c5ccccc5)cc(C5C=CC=CC5C)n4)=CC3)cc2)n1. The molecule has 3 aromatic heterocycles. The highest BCUT2D eigenvalue weighted by Crippen LogP contribution is 2.45. The van der Waals surface area contributed by atoms with E-state index in [2.05, 4.69) is 202 Å². The summed E-state index contributed by atoms with van der Waals surface area (Å²) in [6.45, 7) is 4.59. The van der Waals surface area contributed by atoms with Gasteiger partial charge in [-0.3, -0.25) is 0 Å². The lowest BCUT2D eigenvalue weighted by Crippen LogP contribution is -2.15. The summed E-state index contributed by atoms with van der Waals surface area (Å²) in [7, 11) is 0. The van der Waals surface area contributed by atoms with Gasteiger partial charge in [0.2, 0.25) is 0 Å². The highest BCUT2D eigenvalue weighted by Gasteiger charge is 2.28. The Morgan fingerprint density at radius 2 is 1.19 bits per heavy atom. The second kappa shape index (κ2) is 17.2. The third-order valence-electron chi connectivity index (χ3n) is 14.2. The molecule has 324 valence electrons. The number of nitrogens with zero attached hydrogens (tertiary/aromatic N) is 4. The van der Waals surface area contributed by atoms with Crippen LogP contribution in [-0.2, 0) is 0 Å². The third-order valence-corrected chi connectivity index (χ3v) is 14.2. The van der Waals surface area contributed by atoms with Crippen LogP contribution >= 0.6 is 0 Å². The minimum Gasteiger partial charge on any atom is -0.456 e. The monoisotopic (exact) mass is 866 g/mol. The maximum atomic E-state index is 6.81. The predicted molar refractivity (Wildman–Crippen MR) is 274 cm³/mol. The fourth-order valence-corrected chi connectivity index (χ4v) is 10.6. The molecular formula is C62H50N4O. The van der Waals surface area contributed by atoms with Crippen molar-refractivity contribution in [1.29, 1.82) is 0 Å². The molecule has 5 nitrogen and oxygen atoms in total. The molecule has 0 saturated carbocycles. The number of benzene rings is 5. The quantitative estimate of drug-likeness (QED) is 0.152. The van der Waals surface area contributed by atoms with E-state index in [9.17, 15) is 0 Å². The summed E-state index contributed by atoms with van der Waals surface area (Å²) in [5.74, 6) is 2.73. The molecule has 0 bridgehead atoms. The van der Waals surface area contributed by atoms with E-state index in [1.54, 1.807) is 0 Å². The number of furan rings is 1. The summed E-state index contributed by atoms with van der Waals surface area (Å²) in [5.41, 5.74) is 16.2. The van der Waals surface area contributed by atoms with Crippen molar-refractivity contribution in [3.8, 4) is 45.0 Å². The van der Waals surface area contributed by atoms with Gasteiger partial charge in [-0.05, 0) is 77.6 Å². The summed E-state index contributed by atoms with van der Waals surface area (Å²) in [6.07, 6.45) is 27.7. The molecule has 0 amide bonds. The normalized spacial score (nSPS) is 21.0. The van der Waals surface area contributed by atoms with Gasteiger partial charge in [0.15, 0.2) is 11.6 Å². The van der Waals surface area contributed by atoms with E-state index < -0.39 is 0 Å². The van der Waals surface area contributed by atoms with E-state index in [0.717, 1.165) is 109 Å². The van der Waals surface area contributed by atoms with Gasteiger partial charge in [0.05, 0.1) is 22.8 Å². The number of aromatic nitrogens is 4. The van der Waals surface area contributed by atoms with Crippen molar-refractivity contribution >= 4 is 27.5 Å². The molecule has 4 aliphatic carbocycles. The summed E-state index contributed by atoms with van der Waals surface area (Å²) < 4.78 is 6.81. The maximum absolute atomic E-state index is 6.81. The minimum atomic E-state index is 0.0552. The van der Waals surface area contributed by atoms with Gasteiger partial charge in [0, 0.05) is 56.4 Å². The first-order chi connectivity index (χ1) is 33.0. The van der Waals surface area contributed by atoms with Crippen molar-refractivity contribution in [2.75, 3.05) is 0 Å². The van der Waals surface area contributed by atoms with Crippen molar-refractivity contribution in [2.45, 2.75) is 50.9 Å². The zero-order valence-electron chi connectivity index (χ0n) is 37.8. The fourth-order valence-electron chi connectivity index (χ4n) is 10.6. The molecule has 67 heavy (non-hydrogen) atoms. The molecule has 3 heterocycles. The lowest BCUT2D eigenvalue weighted by atomic mass is 9.77. The highest BCUT2D eigenvalue weighted by molar-refractivity contribution is 6.08. The molecule has 4 aliphatic rings. The average molecular weight is 867 g/mol. The number of fused-ring (bicyclic) bond motifs is 3.